The molecule has 0 saturated heterocycles. The largest absolute Gasteiger partial charge is 0.333 e. The Balaban J connectivity index is 1.76. The number of thiophene rings is 1. The molecule has 0 spiro atoms. The molecule has 6 nitrogen and oxygen atoms in total. The van der Waals surface area contributed by atoms with E-state index in [1.807, 2.05) is 24.4 Å². The van der Waals surface area contributed by atoms with Crippen LogP contribution in [-0.2, 0) is 6.54 Å². The Morgan fingerprint density at radius 1 is 1.53 bits per heavy atom. The fourth-order valence-corrected chi connectivity index (χ4v) is 2.28. The predicted octanol–water partition coefficient (Wildman–Crippen LogP) is 2.74. The smallest absolute Gasteiger partial charge is 0.268 e. The van der Waals surface area contributed by atoms with Crippen LogP contribution in [0.25, 0.3) is 10.8 Å². The summed E-state index contributed by atoms with van der Waals surface area (Å²) in [5, 5.41) is 13.7. The van der Waals surface area contributed by atoms with Crippen molar-refractivity contribution in [2.45, 2.75) is 18.8 Å². The lowest BCUT2D eigenvalue weighted by atomic mass is 10.4. The molecule has 3 rings (SSSR count). The van der Waals surface area contributed by atoms with Crippen molar-refractivity contribution in [3.05, 3.63) is 35.2 Å². The van der Waals surface area contributed by atoms with Crippen LogP contribution in [0.1, 0.15) is 23.8 Å². The van der Waals surface area contributed by atoms with Crippen molar-refractivity contribution in [1.82, 2.24) is 25.1 Å². The Hall–Kier alpha value is -1.73. The van der Waals surface area contributed by atoms with Gasteiger partial charge in [0.2, 0.25) is 0 Å². The molecular formula is C11H10ClN5OS. The van der Waals surface area contributed by atoms with Crippen LogP contribution in [0.4, 0.5) is 0 Å². The summed E-state index contributed by atoms with van der Waals surface area (Å²) in [4.78, 5) is 5.26. The van der Waals surface area contributed by atoms with E-state index in [1.54, 1.807) is 22.2 Å². The standard InChI is InChI=1S/C11H10ClN5OS/c1-7(12)8-5-17(16-14-8)6-10-13-11(18-15-10)9-3-2-4-19-9/h2-5,7H,6H2,1H3. The molecule has 3 heterocycles. The van der Waals surface area contributed by atoms with Gasteiger partial charge in [-0.1, -0.05) is 16.4 Å². The summed E-state index contributed by atoms with van der Waals surface area (Å²) in [6.45, 7) is 2.25. The molecule has 0 aliphatic carbocycles. The molecule has 0 aliphatic heterocycles. The third-order valence-corrected chi connectivity index (χ3v) is 3.55. The number of hydrogen-bond acceptors (Lipinski definition) is 6. The second-order valence-corrected chi connectivity index (χ2v) is 5.55. The maximum absolute atomic E-state index is 5.93. The van der Waals surface area contributed by atoms with Crippen LogP contribution in [0.3, 0.4) is 0 Å². The van der Waals surface area contributed by atoms with E-state index in [9.17, 15) is 0 Å². The highest BCUT2D eigenvalue weighted by Gasteiger charge is 2.12. The zero-order valence-corrected chi connectivity index (χ0v) is 11.6. The first-order valence-corrected chi connectivity index (χ1v) is 6.94. The third-order valence-electron chi connectivity index (χ3n) is 2.47. The van der Waals surface area contributed by atoms with Gasteiger partial charge in [-0.3, -0.25) is 0 Å². The number of rotatable bonds is 4. The van der Waals surface area contributed by atoms with E-state index < -0.39 is 0 Å². The van der Waals surface area contributed by atoms with Gasteiger partial charge < -0.3 is 4.52 Å². The predicted molar refractivity (Wildman–Crippen MR) is 71.0 cm³/mol. The summed E-state index contributed by atoms with van der Waals surface area (Å²) < 4.78 is 6.83. The van der Waals surface area contributed by atoms with Crippen LogP contribution in [0.15, 0.2) is 28.2 Å². The molecule has 0 N–H and O–H groups in total. The number of aromatic nitrogens is 5. The summed E-state index contributed by atoms with van der Waals surface area (Å²) in [7, 11) is 0. The van der Waals surface area contributed by atoms with E-state index in [-0.39, 0.29) is 5.38 Å². The Kier molecular flexibility index (Phi) is 3.31. The van der Waals surface area contributed by atoms with Crippen LogP contribution < -0.4 is 0 Å². The maximum atomic E-state index is 5.93. The van der Waals surface area contributed by atoms with Gasteiger partial charge in [-0.05, 0) is 18.4 Å². The maximum Gasteiger partial charge on any atom is 0.268 e. The van der Waals surface area contributed by atoms with Crippen molar-refractivity contribution in [2.24, 2.45) is 0 Å². The summed E-state index contributed by atoms with van der Waals surface area (Å²) >= 11 is 7.48. The van der Waals surface area contributed by atoms with Crippen molar-refractivity contribution >= 4 is 22.9 Å². The summed E-state index contributed by atoms with van der Waals surface area (Å²) in [5.41, 5.74) is 0.726. The first kappa shape index (κ1) is 12.3. The van der Waals surface area contributed by atoms with E-state index in [0.717, 1.165) is 10.6 Å². The average Bonchev–Trinajstić information content (AvgIpc) is 3.09. The van der Waals surface area contributed by atoms with Gasteiger partial charge in [0.25, 0.3) is 5.89 Å². The van der Waals surface area contributed by atoms with Gasteiger partial charge >= 0.3 is 0 Å². The third kappa shape index (κ3) is 2.66. The minimum Gasteiger partial charge on any atom is -0.333 e. The highest BCUT2D eigenvalue weighted by molar-refractivity contribution is 7.13. The Morgan fingerprint density at radius 2 is 2.42 bits per heavy atom. The number of hydrogen-bond donors (Lipinski definition) is 0. The van der Waals surface area contributed by atoms with Gasteiger partial charge in [0.1, 0.15) is 12.2 Å². The van der Waals surface area contributed by atoms with Crippen LogP contribution in [0.5, 0.6) is 0 Å². The highest BCUT2D eigenvalue weighted by Crippen LogP contribution is 2.22. The lowest BCUT2D eigenvalue weighted by Crippen LogP contribution is -2.02. The minimum atomic E-state index is -0.166. The molecule has 0 aliphatic rings. The van der Waals surface area contributed by atoms with E-state index in [2.05, 4.69) is 20.5 Å². The molecule has 0 fully saturated rings. The number of alkyl halides is 1. The van der Waals surface area contributed by atoms with E-state index in [1.165, 1.54) is 0 Å². The number of halogens is 1. The van der Waals surface area contributed by atoms with Gasteiger partial charge in [-0.25, -0.2) is 4.68 Å². The van der Waals surface area contributed by atoms with Crippen LogP contribution in [-0.4, -0.2) is 25.1 Å². The Morgan fingerprint density at radius 3 is 3.11 bits per heavy atom. The molecule has 98 valence electrons. The first-order valence-electron chi connectivity index (χ1n) is 5.63. The van der Waals surface area contributed by atoms with E-state index in [0.29, 0.717) is 18.3 Å². The molecule has 0 saturated carbocycles. The molecule has 0 bridgehead atoms. The molecule has 19 heavy (non-hydrogen) atoms. The Labute approximate surface area is 118 Å². The minimum absolute atomic E-state index is 0.166. The molecule has 0 amide bonds. The van der Waals surface area contributed by atoms with Crippen LogP contribution in [0.2, 0.25) is 0 Å². The monoisotopic (exact) mass is 295 g/mol. The summed E-state index contributed by atoms with van der Waals surface area (Å²) in [5.74, 6) is 1.08. The fraction of sp³-hybridized carbons (Fsp3) is 0.273. The highest BCUT2D eigenvalue weighted by atomic mass is 35.5. The second-order valence-electron chi connectivity index (χ2n) is 3.95. The zero-order chi connectivity index (χ0) is 13.2. The molecule has 3 aromatic heterocycles. The second kappa shape index (κ2) is 5.10. The molecular weight excluding hydrogens is 286 g/mol. The topological polar surface area (TPSA) is 69.6 Å². The molecule has 0 radical (unpaired) electrons. The van der Waals surface area contributed by atoms with Gasteiger partial charge in [0.05, 0.1) is 16.5 Å². The van der Waals surface area contributed by atoms with Gasteiger partial charge in [0, 0.05) is 0 Å². The van der Waals surface area contributed by atoms with Crippen molar-refractivity contribution in [3.63, 3.8) is 0 Å². The normalized spacial score (nSPS) is 12.7. The molecule has 8 heteroatoms. The van der Waals surface area contributed by atoms with Crippen LogP contribution >= 0.6 is 22.9 Å². The molecule has 0 aromatic carbocycles. The average molecular weight is 296 g/mol. The van der Waals surface area contributed by atoms with Gasteiger partial charge in [0.15, 0.2) is 5.82 Å². The van der Waals surface area contributed by atoms with Crippen molar-refractivity contribution in [1.29, 1.82) is 0 Å². The first-order chi connectivity index (χ1) is 9.22. The van der Waals surface area contributed by atoms with Crippen molar-refractivity contribution in [3.8, 4) is 10.8 Å². The zero-order valence-electron chi connectivity index (χ0n) is 10.0. The lowest BCUT2D eigenvalue weighted by Gasteiger charge is -1.94. The summed E-state index contributed by atoms with van der Waals surface area (Å²) in [6, 6.07) is 3.88. The quantitative estimate of drug-likeness (QED) is 0.692. The van der Waals surface area contributed by atoms with Gasteiger partial charge in [-0.2, -0.15) is 4.98 Å². The fourth-order valence-electron chi connectivity index (χ4n) is 1.54. The molecule has 3 aromatic rings. The van der Waals surface area contributed by atoms with Crippen molar-refractivity contribution < 1.29 is 4.52 Å². The van der Waals surface area contributed by atoms with Crippen LogP contribution in [0, 0.1) is 0 Å². The van der Waals surface area contributed by atoms with Gasteiger partial charge in [-0.15, -0.1) is 28.0 Å². The van der Waals surface area contributed by atoms with E-state index in [4.69, 9.17) is 16.1 Å². The molecule has 1 unspecified atom stereocenters. The SMILES string of the molecule is CC(Cl)c1cn(Cc2noc(-c3cccs3)n2)nn1. The van der Waals surface area contributed by atoms with E-state index >= 15 is 0 Å². The van der Waals surface area contributed by atoms with Crippen molar-refractivity contribution in [2.75, 3.05) is 0 Å². The summed E-state index contributed by atoms with van der Waals surface area (Å²) in [6.07, 6.45) is 1.78. The molecule has 1 atom stereocenters. The lowest BCUT2D eigenvalue weighted by molar-refractivity contribution is 0.419. The number of nitrogens with zero attached hydrogens (tertiary/aromatic N) is 5. The Bertz CT molecular complexity index is 660.